The number of aromatic nitrogens is 2. The summed E-state index contributed by atoms with van der Waals surface area (Å²) in [4.78, 5) is 3.99. The molecule has 5 N–H and O–H groups in total. The first-order valence-corrected chi connectivity index (χ1v) is 3.89. The van der Waals surface area contributed by atoms with Crippen LogP contribution in [-0.4, -0.2) is 15.7 Å². The average Bonchev–Trinajstić information content (AvgIpc) is 2.41. The summed E-state index contributed by atoms with van der Waals surface area (Å²) in [6.07, 6.45) is 1.91. The fraction of sp³-hybridized carbons (Fsp3) is 0.429. The van der Waals surface area contributed by atoms with Gasteiger partial charge in [-0.3, -0.25) is 10.1 Å². The summed E-state index contributed by atoms with van der Waals surface area (Å²) in [5.74, 6) is 5.28. The number of hydrogen-bond acceptors (Lipinski definition) is 3. The molecule has 0 aromatic carbocycles. The molecule has 0 saturated carbocycles. The van der Waals surface area contributed by atoms with E-state index in [1.165, 1.54) is 0 Å². The maximum atomic E-state index is 5.36. The van der Waals surface area contributed by atoms with Crippen LogP contribution in [-0.2, 0) is 13.6 Å². The lowest BCUT2D eigenvalue weighted by Crippen LogP contribution is -2.37. The molecule has 1 rings (SSSR count). The van der Waals surface area contributed by atoms with E-state index < -0.39 is 0 Å². The van der Waals surface area contributed by atoms with Gasteiger partial charge in [-0.1, -0.05) is 0 Å². The highest BCUT2D eigenvalue weighted by atomic mass is 15.3. The van der Waals surface area contributed by atoms with E-state index in [0.717, 1.165) is 11.3 Å². The largest absolute Gasteiger partial charge is 0.369 e. The van der Waals surface area contributed by atoms with E-state index in [1.54, 1.807) is 4.68 Å². The van der Waals surface area contributed by atoms with Crippen molar-refractivity contribution >= 4 is 5.96 Å². The minimum Gasteiger partial charge on any atom is -0.369 e. The van der Waals surface area contributed by atoms with Gasteiger partial charge in [0.15, 0.2) is 0 Å². The van der Waals surface area contributed by atoms with Crippen LogP contribution in [0.25, 0.3) is 0 Å². The fourth-order valence-corrected chi connectivity index (χ4v) is 1.02. The van der Waals surface area contributed by atoms with Crippen molar-refractivity contribution in [2.75, 3.05) is 0 Å². The molecule has 6 nitrogen and oxygen atoms in total. The third-order valence-corrected chi connectivity index (χ3v) is 1.68. The monoisotopic (exact) mass is 182 g/mol. The predicted molar refractivity (Wildman–Crippen MR) is 50.6 cm³/mol. The molecular formula is C7H14N6. The van der Waals surface area contributed by atoms with Crippen molar-refractivity contribution in [2.24, 2.45) is 23.6 Å². The number of nitrogens with one attached hydrogen (secondary N) is 1. The van der Waals surface area contributed by atoms with Gasteiger partial charge in [0.1, 0.15) is 0 Å². The van der Waals surface area contributed by atoms with Crippen molar-refractivity contribution in [3.63, 3.8) is 0 Å². The second kappa shape index (κ2) is 3.90. The number of hydrazine groups is 1. The molecule has 0 aliphatic carbocycles. The molecule has 1 aromatic heterocycles. The molecule has 1 aromatic rings. The summed E-state index contributed by atoms with van der Waals surface area (Å²) in [5.41, 5.74) is 9.62. The van der Waals surface area contributed by atoms with Gasteiger partial charge in [-0.15, -0.1) is 0 Å². The minimum atomic E-state index is 0.225. The molecule has 13 heavy (non-hydrogen) atoms. The first-order chi connectivity index (χ1) is 6.13. The number of nitrogens with two attached hydrogens (primary N) is 2. The Balaban J connectivity index is 2.69. The second-order valence-electron chi connectivity index (χ2n) is 2.76. The van der Waals surface area contributed by atoms with Crippen LogP contribution < -0.4 is 17.0 Å². The fourth-order valence-electron chi connectivity index (χ4n) is 1.02. The Morgan fingerprint density at radius 3 is 2.92 bits per heavy atom. The second-order valence-corrected chi connectivity index (χ2v) is 2.76. The Morgan fingerprint density at radius 1 is 1.77 bits per heavy atom. The zero-order chi connectivity index (χ0) is 9.84. The Labute approximate surface area is 76.6 Å². The highest BCUT2D eigenvalue weighted by Gasteiger charge is 2.01. The maximum absolute atomic E-state index is 5.36. The zero-order valence-electron chi connectivity index (χ0n) is 7.78. The highest BCUT2D eigenvalue weighted by Crippen LogP contribution is 2.05. The van der Waals surface area contributed by atoms with Crippen LogP contribution in [0.3, 0.4) is 0 Å². The average molecular weight is 182 g/mol. The molecule has 0 aliphatic rings. The van der Waals surface area contributed by atoms with Gasteiger partial charge in [0.2, 0.25) is 5.96 Å². The number of aliphatic imine (C=N–C) groups is 1. The van der Waals surface area contributed by atoms with Gasteiger partial charge in [0.25, 0.3) is 0 Å². The lowest BCUT2D eigenvalue weighted by atomic mass is 10.3. The molecule has 0 aliphatic heterocycles. The molecule has 0 saturated heterocycles. The third-order valence-electron chi connectivity index (χ3n) is 1.68. The third kappa shape index (κ3) is 2.45. The van der Waals surface area contributed by atoms with Crippen LogP contribution in [0.1, 0.15) is 11.3 Å². The van der Waals surface area contributed by atoms with Crippen LogP contribution >= 0.6 is 0 Å². The quantitative estimate of drug-likeness (QED) is 0.237. The molecule has 0 spiro atoms. The van der Waals surface area contributed by atoms with Gasteiger partial charge >= 0.3 is 0 Å². The Hall–Kier alpha value is -1.56. The number of aryl methyl sites for hydroxylation is 2. The predicted octanol–water partition coefficient (Wildman–Crippen LogP) is -0.993. The van der Waals surface area contributed by atoms with Crippen LogP contribution in [0, 0.1) is 6.92 Å². The van der Waals surface area contributed by atoms with Crippen molar-refractivity contribution < 1.29 is 0 Å². The molecule has 0 amide bonds. The van der Waals surface area contributed by atoms with Gasteiger partial charge in [-0.05, 0) is 6.92 Å². The molecular weight excluding hydrogens is 168 g/mol. The van der Waals surface area contributed by atoms with Crippen molar-refractivity contribution in [3.8, 4) is 0 Å². The van der Waals surface area contributed by atoms with E-state index in [4.69, 9.17) is 11.6 Å². The Bertz CT molecular complexity index is 313. The molecule has 0 unspecified atom stereocenters. The van der Waals surface area contributed by atoms with Gasteiger partial charge in [0.05, 0.1) is 12.2 Å². The summed E-state index contributed by atoms with van der Waals surface area (Å²) in [6.45, 7) is 2.42. The smallest absolute Gasteiger partial charge is 0.203 e. The van der Waals surface area contributed by atoms with E-state index in [2.05, 4.69) is 15.5 Å². The van der Waals surface area contributed by atoms with Crippen molar-refractivity contribution in [1.29, 1.82) is 0 Å². The van der Waals surface area contributed by atoms with Crippen LogP contribution in [0.2, 0.25) is 0 Å². The van der Waals surface area contributed by atoms with Crippen molar-refractivity contribution in [1.82, 2.24) is 15.2 Å². The first-order valence-electron chi connectivity index (χ1n) is 3.89. The number of nitrogens with zero attached hydrogens (tertiary/aromatic N) is 3. The molecule has 72 valence electrons. The minimum absolute atomic E-state index is 0.225. The number of hydrogen-bond donors (Lipinski definition) is 3. The number of rotatable bonds is 2. The lowest BCUT2D eigenvalue weighted by molar-refractivity contribution is 0.756. The SMILES string of the molecule is Cc1nn(C)cc1CN=C(N)NN. The normalized spacial score (nSPS) is 11.8. The van der Waals surface area contributed by atoms with Gasteiger partial charge in [-0.2, -0.15) is 5.10 Å². The van der Waals surface area contributed by atoms with Crippen molar-refractivity contribution in [3.05, 3.63) is 17.5 Å². The highest BCUT2D eigenvalue weighted by molar-refractivity contribution is 5.77. The summed E-state index contributed by atoms with van der Waals surface area (Å²) in [5, 5.41) is 4.17. The van der Waals surface area contributed by atoms with Gasteiger partial charge in [0, 0.05) is 18.8 Å². The van der Waals surface area contributed by atoms with E-state index in [1.807, 2.05) is 20.2 Å². The topological polar surface area (TPSA) is 94.2 Å². The molecule has 1 heterocycles. The lowest BCUT2D eigenvalue weighted by Gasteiger charge is -1.97. The van der Waals surface area contributed by atoms with E-state index in [-0.39, 0.29) is 5.96 Å². The Kier molecular flexibility index (Phi) is 2.86. The van der Waals surface area contributed by atoms with E-state index in [9.17, 15) is 0 Å². The summed E-state index contributed by atoms with van der Waals surface area (Å²) in [7, 11) is 1.87. The number of guanidine groups is 1. The molecule has 0 radical (unpaired) electrons. The first kappa shape index (κ1) is 9.53. The van der Waals surface area contributed by atoms with E-state index >= 15 is 0 Å². The van der Waals surface area contributed by atoms with Crippen LogP contribution in [0.15, 0.2) is 11.2 Å². The van der Waals surface area contributed by atoms with Gasteiger partial charge in [-0.25, -0.2) is 10.8 Å². The summed E-state index contributed by atoms with van der Waals surface area (Å²) >= 11 is 0. The molecule has 6 heteroatoms. The van der Waals surface area contributed by atoms with Crippen molar-refractivity contribution in [2.45, 2.75) is 13.5 Å². The standard InChI is InChI=1S/C7H14N6/c1-5-6(4-13(2)12-5)3-10-7(8)11-9/h4H,3,9H2,1-2H3,(H3,8,10,11). The van der Waals surface area contributed by atoms with E-state index in [0.29, 0.717) is 6.54 Å². The molecule has 0 atom stereocenters. The van der Waals surface area contributed by atoms with Gasteiger partial charge < -0.3 is 5.73 Å². The molecule has 0 bridgehead atoms. The van der Waals surface area contributed by atoms with Crippen LogP contribution in [0.5, 0.6) is 0 Å². The summed E-state index contributed by atoms with van der Waals surface area (Å²) < 4.78 is 1.74. The summed E-state index contributed by atoms with van der Waals surface area (Å²) in [6, 6.07) is 0. The Morgan fingerprint density at radius 2 is 2.46 bits per heavy atom. The van der Waals surface area contributed by atoms with Crippen LogP contribution in [0.4, 0.5) is 0 Å². The zero-order valence-corrected chi connectivity index (χ0v) is 7.78. The molecule has 0 fully saturated rings. The maximum Gasteiger partial charge on any atom is 0.203 e.